The van der Waals surface area contributed by atoms with Gasteiger partial charge in [-0.05, 0) is 0 Å². The molecule has 0 rings (SSSR count). The van der Waals surface area contributed by atoms with Gasteiger partial charge in [0.05, 0.1) is 0 Å². The quantitative estimate of drug-likeness (QED) is 0.327. The summed E-state index contributed by atoms with van der Waals surface area (Å²) in [5.41, 5.74) is 1.93. The molecule has 0 aliphatic carbocycles. The summed E-state index contributed by atoms with van der Waals surface area (Å²) in [6.45, 7) is 2.44. The number of nitrogens with zero attached hydrogens (tertiary/aromatic N) is 1. The first-order chi connectivity index (χ1) is 3.65. The van der Waals surface area contributed by atoms with E-state index in [1.807, 2.05) is 12.4 Å². The first-order valence-corrected chi connectivity index (χ1v) is 1.85. The molecule has 0 bridgehead atoms. The van der Waals surface area contributed by atoms with E-state index in [-0.39, 0.29) is 0 Å². The lowest BCUT2D eigenvalue weighted by Gasteiger charge is -1.75. The lowest BCUT2D eigenvalue weighted by Crippen LogP contribution is -2.02. The van der Waals surface area contributed by atoms with Gasteiger partial charge in [-0.3, -0.25) is 0 Å². The van der Waals surface area contributed by atoms with E-state index < -0.39 is 5.09 Å². The fourth-order valence-electron chi connectivity index (χ4n) is 0. The highest BCUT2D eigenvalue weighted by Gasteiger charge is 1.65. The zero-order valence-corrected chi connectivity index (χ0v) is 4.37. The molecule has 0 radical (unpaired) electrons. The molecule has 0 heterocycles. The molecule has 0 unspecified atom stereocenters. The normalized spacial score (nSPS) is 6.75. The molecule has 0 aromatic carbocycles. The third-order valence-electron chi connectivity index (χ3n) is 0.158. The highest BCUT2D eigenvalue weighted by Crippen LogP contribution is 1.38. The largest absolute Gasteiger partial charge is 0.328 e. The predicted molar refractivity (Wildman–Crippen MR) is 24.2 cm³/mol. The predicted octanol–water partition coefficient (Wildman–Crippen LogP) is -0.363. The monoisotopic (exact) mass is 124 g/mol. The van der Waals surface area contributed by atoms with E-state index >= 15 is 0 Å². The zero-order chi connectivity index (χ0) is 6.99. The van der Waals surface area contributed by atoms with Gasteiger partial charge in [-0.25, -0.2) is 5.48 Å². The molecule has 8 heavy (non-hydrogen) atoms. The number of nitrogens with one attached hydrogen (secondary N) is 1. The Bertz CT molecular complexity index is 50.0. The first kappa shape index (κ1) is 10.2. The van der Waals surface area contributed by atoms with E-state index in [0.29, 0.717) is 6.54 Å². The van der Waals surface area contributed by atoms with Crippen molar-refractivity contribution >= 4 is 0 Å². The molecule has 0 amide bonds. The third-order valence-corrected chi connectivity index (χ3v) is 0.158. The van der Waals surface area contributed by atoms with E-state index in [1.165, 1.54) is 0 Å². The van der Waals surface area contributed by atoms with Crippen molar-refractivity contribution in [2.75, 3.05) is 6.54 Å². The van der Waals surface area contributed by atoms with Crippen LogP contribution in [0.15, 0.2) is 0 Å². The van der Waals surface area contributed by atoms with Crippen LogP contribution in [-0.4, -0.2) is 22.0 Å². The second-order valence-electron chi connectivity index (χ2n) is 0.750. The van der Waals surface area contributed by atoms with Crippen molar-refractivity contribution in [1.29, 1.82) is 0 Å². The van der Waals surface area contributed by atoms with Gasteiger partial charge < -0.3 is 10.4 Å². The molecule has 3 N–H and O–H groups in total. The number of hydrogen-bond donors (Lipinski definition) is 3. The average Bonchev–Trinajstić information content (AvgIpc) is 1.65. The van der Waals surface area contributed by atoms with E-state index in [0.717, 1.165) is 0 Å². The number of rotatable bonds is 1. The van der Waals surface area contributed by atoms with Crippen LogP contribution in [0.1, 0.15) is 6.92 Å². The molecule has 6 heteroatoms. The summed E-state index contributed by atoms with van der Waals surface area (Å²) in [6, 6.07) is 0. The summed E-state index contributed by atoms with van der Waals surface area (Å²) in [6.07, 6.45) is 0. The molecule has 6 nitrogen and oxygen atoms in total. The van der Waals surface area contributed by atoms with Gasteiger partial charge in [0.2, 0.25) is 0 Å². The van der Waals surface area contributed by atoms with Crippen LogP contribution in [0, 0.1) is 10.1 Å². The molecule has 0 aliphatic heterocycles. The van der Waals surface area contributed by atoms with E-state index in [2.05, 4.69) is 0 Å². The van der Waals surface area contributed by atoms with Gasteiger partial charge in [0.25, 0.3) is 5.09 Å². The second kappa shape index (κ2) is 9.45. The van der Waals surface area contributed by atoms with Crippen molar-refractivity contribution in [2.24, 2.45) is 0 Å². The Morgan fingerprint density at radius 2 is 2.00 bits per heavy atom. The minimum absolute atomic E-state index is 0.625. The number of hydrogen-bond acceptors (Lipinski definition) is 4. The molecule has 0 aliphatic rings. The Kier molecular flexibility index (Phi) is 12.0. The molecule has 0 saturated heterocycles. The zero-order valence-electron chi connectivity index (χ0n) is 4.37. The fraction of sp³-hybridized carbons (Fsp3) is 1.00. The molecule has 0 fully saturated rings. The minimum Gasteiger partial charge on any atom is -0.328 e. The SMILES string of the molecule is CCNO.O=[N+]([O-])O. The van der Waals surface area contributed by atoms with Crippen LogP contribution in [0.3, 0.4) is 0 Å². The van der Waals surface area contributed by atoms with E-state index in [4.69, 9.17) is 20.5 Å². The summed E-state index contributed by atoms with van der Waals surface area (Å²) < 4.78 is 0. The lowest BCUT2D eigenvalue weighted by atomic mass is 10.8. The fourth-order valence-corrected chi connectivity index (χ4v) is 0. The molecule has 0 spiro atoms. The molecule has 0 saturated carbocycles. The van der Waals surface area contributed by atoms with E-state index in [9.17, 15) is 0 Å². The summed E-state index contributed by atoms with van der Waals surface area (Å²) in [4.78, 5) is 8.36. The highest BCUT2D eigenvalue weighted by atomic mass is 16.9. The Hall–Kier alpha value is -0.880. The van der Waals surface area contributed by atoms with Crippen molar-refractivity contribution in [1.82, 2.24) is 5.48 Å². The van der Waals surface area contributed by atoms with Crippen LogP contribution in [-0.2, 0) is 0 Å². The standard InChI is InChI=1S/C2H7NO.HNO3/c1-2-3-4;2-1(3)4/h3-4H,2H2,1H3;(H,2,3,4). The summed E-state index contributed by atoms with van der Waals surface area (Å²) >= 11 is 0. The molecular formula is C2H8N2O4. The molecular weight excluding hydrogens is 116 g/mol. The van der Waals surface area contributed by atoms with Crippen molar-refractivity contribution < 1.29 is 15.5 Å². The van der Waals surface area contributed by atoms with Crippen LogP contribution in [0.25, 0.3) is 0 Å². The Morgan fingerprint density at radius 3 is 2.00 bits per heavy atom. The van der Waals surface area contributed by atoms with Gasteiger partial charge in [0, 0.05) is 6.54 Å². The van der Waals surface area contributed by atoms with Crippen molar-refractivity contribution in [3.05, 3.63) is 10.1 Å². The molecule has 50 valence electrons. The topological polar surface area (TPSA) is 95.6 Å². The Balaban J connectivity index is 0. The highest BCUT2D eigenvalue weighted by molar-refractivity contribution is 4.04. The number of hydroxylamine groups is 1. The molecule has 0 aromatic heterocycles. The van der Waals surface area contributed by atoms with Crippen molar-refractivity contribution in [2.45, 2.75) is 6.92 Å². The summed E-state index contributed by atoms with van der Waals surface area (Å²) in [5, 5.41) is 21.3. The third kappa shape index (κ3) is 6040. The van der Waals surface area contributed by atoms with Gasteiger partial charge >= 0.3 is 0 Å². The van der Waals surface area contributed by atoms with Gasteiger partial charge in [-0.1, -0.05) is 6.92 Å². The van der Waals surface area contributed by atoms with Gasteiger partial charge in [-0.2, -0.15) is 0 Å². The van der Waals surface area contributed by atoms with Crippen LogP contribution in [0.4, 0.5) is 0 Å². The lowest BCUT2D eigenvalue weighted by molar-refractivity contribution is -0.742. The first-order valence-electron chi connectivity index (χ1n) is 1.85. The van der Waals surface area contributed by atoms with E-state index in [1.54, 1.807) is 0 Å². The second-order valence-corrected chi connectivity index (χ2v) is 0.750. The van der Waals surface area contributed by atoms with Crippen molar-refractivity contribution in [3.8, 4) is 0 Å². The van der Waals surface area contributed by atoms with Crippen LogP contribution < -0.4 is 5.48 Å². The smallest absolute Gasteiger partial charge is 0.291 e. The maximum absolute atomic E-state index is 8.36. The molecule has 0 atom stereocenters. The van der Waals surface area contributed by atoms with Crippen LogP contribution >= 0.6 is 0 Å². The Morgan fingerprint density at radius 1 is 1.88 bits per heavy atom. The van der Waals surface area contributed by atoms with Gasteiger partial charge in [0.15, 0.2) is 0 Å². The Labute approximate surface area is 45.8 Å². The summed E-state index contributed by atoms with van der Waals surface area (Å²) in [7, 11) is 0. The van der Waals surface area contributed by atoms with Gasteiger partial charge in [0.1, 0.15) is 0 Å². The van der Waals surface area contributed by atoms with Gasteiger partial charge in [-0.15, -0.1) is 10.1 Å². The van der Waals surface area contributed by atoms with Crippen LogP contribution in [0.5, 0.6) is 0 Å². The maximum Gasteiger partial charge on any atom is 0.291 e. The minimum atomic E-state index is -1.50. The molecule has 0 aromatic rings. The van der Waals surface area contributed by atoms with Crippen LogP contribution in [0.2, 0.25) is 0 Å². The maximum atomic E-state index is 8.36. The van der Waals surface area contributed by atoms with Crippen molar-refractivity contribution in [3.63, 3.8) is 0 Å². The average molecular weight is 124 g/mol. The summed E-state index contributed by atoms with van der Waals surface area (Å²) in [5.74, 6) is 0.